The van der Waals surface area contributed by atoms with E-state index >= 15 is 0 Å². The van der Waals surface area contributed by atoms with Gasteiger partial charge in [0.25, 0.3) is 0 Å². The Bertz CT molecular complexity index is 950. The van der Waals surface area contributed by atoms with Crippen molar-refractivity contribution in [2.75, 3.05) is 6.79 Å². The Kier molecular flexibility index (Phi) is 4.82. The van der Waals surface area contributed by atoms with Crippen molar-refractivity contribution < 1.29 is 19.0 Å². The minimum absolute atomic E-state index is 0.133. The smallest absolute Gasteiger partial charge is 0.307 e. The molecule has 0 saturated heterocycles. The maximum atomic E-state index is 12.2. The van der Waals surface area contributed by atoms with Gasteiger partial charge in [0.2, 0.25) is 0 Å². The fourth-order valence-corrected chi connectivity index (χ4v) is 3.41. The van der Waals surface area contributed by atoms with Gasteiger partial charge in [0.15, 0.2) is 6.79 Å². The first kappa shape index (κ1) is 16.9. The molecule has 26 heavy (non-hydrogen) atoms. The second kappa shape index (κ2) is 7.40. The molecule has 0 N–H and O–H groups in total. The van der Waals surface area contributed by atoms with E-state index in [4.69, 9.17) is 25.8 Å². The molecule has 3 aromatic rings. The summed E-state index contributed by atoms with van der Waals surface area (Å²) in [5, 5.41) is 1.73. The number of aromatic nitrogens is 1. The SMILES string of the molecule is O=C(CCn1ccc2ccccc21)OCc1cc(Cl)cc2c1OCOC2. The number of benzene rings is 2. The highest BCUT2D eigenvalue weighted by molar-refractivity contribution is 6.30. The standard InChI is InChI=1S/C20H18ClNO4/c21-17-9-15-11-24-13-26-20(15)16(10-17)12-25-19(23)6-8-22-7-5-14-3-1-2-4-18(14)22/h1-5,7,9-10H,6,8,11-13H2. The van der Waals surface area contributed by atoms with Gasteiger partial charge in [-0.25, -0.2) is 0 Å². The van der Waals surface area contributed by atoms with E-state index in [1.54, 1.807) is 12.1 Å². The molecular formula is C20H18ClNO4. The zero-order valence-corrected chi connectivity index (χ0v) is 14.9. The molecular weight excluding hydrogens is 354 g/mol. The zero-order chi connectivity index (χ0) is 17.9. The number of hydrogen-bond acceptors (Lipinski definition) is 4. The number of rotatable bonds is 5. The van der Waals surface area contributed by atoms with E-state index in [0.717, 1.165) is 22.0 Å². The molecule has 6 heteroatoms. The summed E-state index contributed by atoms with van der Waals surface area (Å²) < 4.78 is 18.3. The van der Waals surface area contributed by atoms with E-state index in [-0.39, 0.29) is 19.4 Å². The molecule has 0 radical (unpaired) electrons. The maximum absolute atomic E-state index is 12.2. The molecule has 2 heterocycles. The van der Waals surface area contributed by atoms with Crippen LogP contribution in [-0.2, 0) is 34.0 Å². The summed E-state index contributed by atoms with van der Waals surface area (Å²) in [6.07, 6.45) is 2.28. The Hall–Kier alpha value is -2.50. The van der Waals surface area contributed by atoms with Crippen LogP contribution in [0.25, 0.3) is 10.9 Å². The predicted molar refractivity (Wildman–Crippen MR) is 98.1 cm³/mol. The number of ether oxygens (including phenoxy) is 3. The van der Waals surface area contributed by atoms with Gasteiger partial charge in [0.05, 0.1) is 13.0 Å². The van der Waals surface area contributed by atoms with Crippen molar-refractivity contribution in [3.63, 3.8) is 0 Å². The van der Waals surface area contributed by atoms with Crippen LogP contribution in [0.3, 0.4) is 0 Å². The van der Waals surface area contributed by atoms with Crippen molar-refractivity contribution in [3.8, 4) is 5.75 Å². The molecule has 5 nitrogen and oxygen atoms in total. The average Bonchev–Trinajstić information content (AvgIpc) is 3.07. The normalized spacial score (nSPS) is 13.3. The Balaban J connectivity index is 1.38. The number of nitrogens with zero attached hydrogens (tertiary/aromatic N) is 1. The van der Waals surface area contributed by atoms with E-state index in [1.165, 1.54) is 0 Å². The van der Waals surface area contributed by atoms with Crippen LogP contribution in [0.1, 0.15) is 17.5 Å². The molecule has 0 unspecified atom stereocenters. The van der Waals surface area contributed by atoms with Crippen LogP contribution in [-0.4, -0.2) is 17.3 Å². The van der Waals surface area contributed by atoms with Gasteiger partial charge in [-0.15, -0.1) is 0 Å². The fourth-order valence-electron chi connectivity index (χ4n) is 3.14. The van der Waals surface area contributed by atoms with E-state index in [2.05, 4.69) is 10.6 Å². The highest BCUT2D eigenvalue weighted by Crippen LogP contribution is 2.32. The first-order valence-corrected chi connectivity index (χ1v) is 8.80. The molecule has 1 aromatic heterocycles. The van der Waals surface area contributed by atoms with Crippen molar-refractivity contribution in [1.29, 1.82) is 0 Å². The number of para-hydroxylation sites is 1. The number of hydrogen-bond donors (Lipinski definition) is 0. The molecule has 0 spiro atoms. The molecule has 4 rings (SSSR count). The van der Waals surface area contributed by atoms with Gasteiger partial charge in [-0.05, 0) is 29.7 Å². The number of esters is 1. The molecule has 1 aliphatic heterocycles. The van der Waals surface area contributed by atoms with Crippen molar-refractivity contribution in [3.05, 3.63) is 64.8 Å². The maximum Gasteiger partial charge on any atom is 0.307 e. The quantitative estimate of drug-likeness (QED) is 0.627. The summed E-state index contributed by atoms with van der Waals surface area (Å²) in [4.78, 5) is 12.2. The van der Waals surface area contributed by atoms with Crippen molar-refractivity contribution in [2.24, 2.45) is 0 Å². The number of fused-ring (bicyclic) bond motifs is 2. The third-order valence-electron chi connectivity index (χ3n) is 4.38. The zero-order valence-electron chi connectivity index (χ0n) is 14.1. The second-order valence-electron chi connectivity index (χ2n) is 6.14. The number of halogens is 1. The summed E-state index contributed by atoms with van der Waals surface area (Å²) in [6.45, 7) is 1.34. The number of aryl methyl sites for hydroxylation is 1. The first-order valence-electron chi connectivity index (χ1n) is 8.42. The van der Waals surface area contributed by atoms with Gasteiger partial charge in [0.1, 0.15) is 12.4 Å². The van der Waals surface area contributed by atoms with Crippen molar-refractivity contribution in [2.45, 2.75) is 26.2 Å². The summed E-state index contributed by atoms with van der Waals surface area (Å²) in [7, 11) is 0. The second-order valence-corrected chi connectivity index (χ2v) is 6.58. The highest BCUT2D eigenvalue weighted by atomic mass is 35.5. The average molecular weight is 372 g/mol. The molecule has 0 bridgehead atoms. The lowest BCUT2D eigenvalue weighted by Crippen LogP contribution is -2.14. The summed E-state index contributed by atoms with van der Waals surface area (Å²) in [5.74, 6) is 0.438. The Morgan fingerprint density at radius 1 is 1.23 bits per heavy atom. The van der Waals surface area contributed by atoms with Crippen LogP contribution in [0.5, 0.6) is 5.75 Å². The lowest BCUT2D eigenvalue weighted by Gasteiger charge is -2.21. The van der Waals surface area contributed by atoms with Crippen LogP contribution < -0.4 is 4.74 Å². The molecule has 0 fully saturated rings. The first-order chi connectivity index (χ1) is 12.7. The molecule has 0 amide bonds. The van der Waals surface area contributed by atoms with E-state index in [1.807, 2.05) is 30.5 Å². The summed E-state index contributed by atoms with van der Waals surface area (Å²) >= 11 is 6.13. The molecule has 2 aromatic carbocycles. The Morgan fingerprint density at radius 3 is 3.04 bits per heavy atom. The lowest BCUT2D eigenvalue weighted by atomic mass is 10.1. The van der Waals surface area contributed by atoms with Gasteiger partial charge in [-0.2, -0.15) is 0 Å². The Labute approximate surface area is 156 Å². The Morgan fingerprint density at radius 2 is 2.12 bits per heavy atom. The highest BCUT2D eigenvalue weighted by Gasteiger charge is 2.17. The number of carbonyl (C=O) groups excluding carboxylic acids is 1. The molecule has 134 valence electrons. The molecule has 0 saturated carbocycles. The monoisotopic (exact) mass is 371 g/mol. The molecule has 1 aliphatic rings. The van der Waals surface area contributed by atoms with Gasteiger partial charge >= 0.3 is 5.97 Å². The van der Waals surface area contributed by atoms with Gasteiger partial charge in [0, 0.05) is 34.4 Å². The van der Waals surface area contributed by atoms with E-state index in [9.17, 15) is 4.79 Å². The topological polar surface area (TPSA) is 49.7 Å². The largest absolute Gasteiger partial charge is 0.467 e. The summed E-state index contributed by atoms with van der Waals surface area (Å²) in [6, 6.07) is 13.7. The van der Waals surface area contributed by atoms with E-state index < -0.39 is 0 Å². The van der Waals surface area contributed by atoms with Gasteiger partial charge in [-0.1, -0.05) is 29.8 Å². The van der Waals surface area contributed by atoms with Crippen LogP contribution in [0.4, 0.5) is 0 Å². The predicted octanol–water partition coefficient (Wildman–Crippen LogP) is 4.29. The van der Waals surface area contributed by atoms with E-state index in [0.29, 0.717) is 30.3 Å². The molecule has 0 aliphatic carbocycles. The third-order valence-corrected chi connectivity index (χ3v) is 4.60. The van der Waals surface area contributed by atoms with Crippen molar-refractivity contribution >= 4 is 28.5 Å². The minimum atomic E-state index is -0.261. The number of carbonyl (C=O) groups is 1. The fraction of sp³-hybridized carbons (Fsp3) is 0.250. The van der Waals surface area contributed by atoms with Crippen molar-refractivity contribution in [1.82, 2.24) is 4.57 Å². The minimum Gasteiger partial charge on any atom is -0.467 e. The van der Waals surface area contributed by atoms with Crippen LogP contribution in [0.15, 0.2) is 48.7 Å². The molecule has 0 atom stereocenters. The lowest BCUT2D eigenvalue weighted by molar-refractivity contribution is -0.145. The van der Waals surface area contributed by atoms with Crippen LogP contribution in [0.2, 0.25) is 5.02 Å². The summed E-state index contributed by atoms with van der Waals surface area (Å²) in [5.41, 5.74) is 2.74. The van der Waals surface area contributed by atoms with Crippen LogP contribution >= 0.6 is 11.6 Å². The van der Waals surface area contributed by atoms with Gasteiger partial charge in [-0.3, -0.25) is 4.79 Å². The third kappa shape index (κ3) is 3.54. The van der Waals surface area contributed by atoms with Crippen LogP contribution in [0, 0.1) is 0 Å². The van der Waals surface area contributed by atoms with Gasteiger partial charge < -0.3 is 18.8 Å².